The van der Waals surface area contributed by atoms with Crippen LogP contribution in [0.1, 0.15) is 58.3 Å². The van der Waals surface area contributed by atoms with Crippen LogP contribution < -0.4 is 5.32 Å². The number of alkyl halides is 1. The first kappa shape index (κ1) is 13.6. The minimum Gasteiger partial charge on any atom is -0.370 e. The first-order valence-electron chi connectivity index (χ1n) is 7.23. The largest absolute Gasteiger partial charge is 0.370 e. The molecule has 3 heteroatoms. The maximum absolute atomic E-state index is 6.30. The molecule has 2 fully saturated rings. The maximum Gasteiger partial charge on any atom is 0.0708 e. The van der Waals surface area contributed by atoms with Gasteiger partial charge in [-0.3, -0.25) is 0 Å². The summed E-state index contributed by atoms with van der Waals surface area (Å²) >= 11 is 5.92. The molecule has 2 atom stereocenters. The van der Waals surface area contributed by atoms with Crippen molar-refractivity contribution < 1.29 is 4.74 Å². The highest BCUT2D eigenvalue weighted by atomic mass is 35.5. The van der Waals surface area contributed by atoms with Gasteiger partial charge in [-0.1, -0.05) is 19.3 Å². The summed E-state index contributed by atoms with van der Waals surface area (Å²) in [5, 5.41) is 3.75. The molecule has 0 aromatic heterocycles. The molecule has 0 aromatic rings. The minimum absolute atomic E-state index is 0.268. The zero-order valence-corrected chi connectivity index (χ0v) is 11.8. The van der Waals surface area contributed by atoms with E-state index in [-0.39, 0.29) is 11.0 Å². The summed E-state index contributed by atoms with van der Waals surface area (Å²) in [5.41, 5.74) is 0.268. The van der Waals surface area contributed by atoms with Gasteiger partial charge in [0.25, 0.3) is 0 Å². The van der Waals surface area contributed by atoms with Crippen LogP contribution in [0.15, 0.2) is 0 Å². The molecule has 1 aliphatic carbocycles. The van der Waals surface area contributed by atoms with E-state index in [2.05, 4.69) is 5.32 Å². The molecule has 1 heterocycles. The predicted molar refractivity (Wildman–Crippen MR) is 72.7 cm³/mol. The molecule has 100 valence electrons. The number of hydrogen-bond donors (Lipinski definition) is 1. The summed E-state index contributed by atoms with van der Waals surface area (Å²) in [6.07, 6.45) is 10.7. The van der Waals surface area contributed by atoms with Crippen molar-refractivity contribution in [1.82, 2.24) is 5.32 Å². The second-order valence-corrected chi connectivity index (χ2v) is 6.54. The van der Waals surface area contributed by atoms with Crippen molar-refractivity contribution in [2.75, 3.05) is 13.1 Å². The molecule has 17 heavy (non-hydrogen) atoms. The van der Waals surface area contributed by atoms with E-state index < -0.39 is 0 Å². The average Bonchev–Trinajstić information content (AvgIpc) is 2.69. The first-order chi connectivity index (χ1) is 8.20. The molecule has 0 amide bonds. The van der Waals surface area contributed by atoms with E-state index >= 15 is 0 Å². The van der Waals surface area contributed by atoms with E-state index in [9.17, 15) is 0 Å². The molecule has 1 aliphatic heterocycles. The molecular formula is C14H26ClNO. The zero-order chi connectivity index (χ0) is 12.1. The molecule has 1 spiro atoms. The number of rotatable bonds is 5. The summed E-state index contributed by atoms with van der Waals surface area (Å²) < 4.78 is 6.30. The monoisotopic (exact) mass is 259 g/mol. The van der Waals surface area contributed by atoms with Gasteiger partial charge < -0.3 is 10.1 Å². The first-order valence-corrected chi connectivity index (χ1v) is 7.66. The Kier molecular flexibility index (Phi) is 5.13. The molecule has 0 bridgehead atoms. The summed E-state index contributed by atoms with van der Waals surface area (Å²) in [6, 6.07) is 0. The Hall–Kier alpha value is 0.210. The lowest BCUT2D eigenvalue weighted by Crippen LogP contribution is -2.35. The van der Waals surface area contributed by atoms with Gasteiger partial charge >= 0.3 is 0 Å². The van der Waals surface area contributed by atoms with Gasteiger partial charge in [-0.15, -0.1) is 11.6 Å². The number of ether oxygens (including phenoxy) is 1. The van der Waals surface area contributed by atoms with Crippen molar-refractivity contribution in [3.8, 4) is 0 Å². The second kappa shape index (κ2) is 6.40. The third kappa shape index (κ3) is 4.11. The van der Waals surface area contributed by atoms with E-state index in [4.69, 9.17) is 16.3 Å². The van der Waals surface area contributed by atoms with E-state index in [1.807, 2.05) is 6.92 Å². The van der Waals surface area contributed by atoms with Crippen LogP contribution in [0, 0.1) is 0 Å². The topological polar surface area (TPSA) is 21.3 Å². The SMILES string of the molecule is CC(Cl)CCNCC1CCC2(CCCCC2)O1. The normalized spacial score (nSPS) is 29.6. The highest BCUT2D eigenvalue weighted by Gasteiger charge is 2.40. The van der Waals surface area contributed by atoms with Gasteiger partial charge in [0, 0.05) is 11.9 Å². The predicted octanol–water partition coefficient (Wildman–Crippen LogP) is 3.48. The number of halogens is 1. The molecule has 0 aromatic carbocycles. The Morgan fingerprint density at radius 2 is 2.06 bits per heavy atom. The van der Waals surface area contributed by atoms with E-state index in [0.29, 0.717) is 6.10 Å². The maximum atomic E-state index is 6.30. The quantitative estimate of drug-likeness (QED) is 0.603. The smallest absolute Gasteiger partial charge is 0.0708 e. The number of nitrogens with one attached hydrogen (secondary N) is 1. The molecule has 2 unspecified atom stereocenters. The summed E-state index contributed by atoms with van der Waals surface area (Å²) in [5.74, 6) is 0. The van der Waals surface area contributed by atoms with Gasteiger partial charge in [-0.2, -0.15) is 0 Å². The van der Waals surface area contributed by atoms with Crippen LogP contribution in [0.2, 0.25) is 0 Å². The van der Waals surface area contributed by atoms with Crippen LogP contribution in [0.5, 0.6) is 0 Å². The third-order valence-corrected chi connectivity index (χ3v) is 4.41. The van der Waals surface area contributed by atoms with E-state index in [1.54, 1.807) is 0 Å². The molecule has 2 nitrogen and oxygen atoms in total. The molecular weight excluding hydrogens is 234 g/mol. The van der Waals surface area contributed by atoms with Crippen molar-refractivity contribution in [3.63, 3.8) is 0 Å². The Bertz CT molecular complexity index is 226. The molecule has 1 N–H and O–H groups in total. The Labute approximate surface area is 110 Å². The van der Waals surface area contributed by atoms with Gasteiger partial charge in [0.1, 0.15) is 0 Å². The van der Waals surface area contributed by atoms with Gasteiger partial charge in [-0.05, 0) is 45.6 Å². The second-order valence-electron chi connectivity index (χ2n) is 5.80. The van der Waals surface area contributed by atoms with E-state index in [1.165, 1.54) is 44.9 Å². The Morgan fingerprint density at radius 1 is 1.29 bits per heavy atom. The lowest BCUT2D eigenvalue weighted by molar-refractivity contribution is -0.0622. The van der Waals surface area contributed by atoms with Gasteiger partial charge in [0.2, 0.25) is 0 Å². The fourth-order valence-electron chi connectivity index (χ4n) is 3.17. The minimum atomic E-state index is 0.268. The summed E-state index contributed by atoms with van der Waals surface area (Å²) in [7, 11) is 0. The van der Waals surface area contributed by atoms with Crippen molar-refractivity contribution in [1.29, 1.82) is 0 Å². The van der Waals surface area contributed by atoms with Crippen molar-refractivity contribution in [2.24, 2.45) is 0 Å². The summed E-state index contributed by atoms with van der Waals surface area (Å²) in [4.78, 5) is 0. The summed E-state index contributed by atoms with van der Waals surface area (Å²) in [6.45, 7) is 4.06. The van der Waals surface area contributed by atoms with Crippen LogP contribution in [0.3, 0.4) is 0 Å². The van der Waals surface area contributed by atoms with Crippen LogP contribution in [0.25, 0.3) is 0 Å². The van der Waals surface area contributed by atoms with Crippen LogP contribution in [-0.4, -0.2) is 30.2 Å². The van der Waals surface area contributed by atoms with E-state index in [0.717, 1.165) is 19.5 Å². The Balaban J connectivity index is 1.64. The molecule has 1 saturated carbocycles. The fraction of sp³-hybridized carbons (Fsp3) is 1.00. The van der Waals surface area contributed by atoms with Crippen LogP contribution in [0.4, 0.5) is 0 Å². The van der Waals surface area contributed by atoms with Gasteiger partial charge in [0.15, 0.2) is 0 Å². The third-order valence-electron chi connectivity index (χ3n) is 4.19. The molecule has 0 radical (unpaired) electrons. The van der Waals surface area contributed by atoms with Crippen LogP contribution >= 0.6 is 11.6 Å². The highest BCUT2D eigenvalue weighted by Crippen LogP contribution is 2.41. The average molecular weight is 260 g/mol. The number of hydrogen-bond acceptors (Lipinski definition) is 2. The van der Waals surface area contributed by atoms with Gasteiger partial charge in [0.05, 0.1) is 11.7 Å². The lowest BCUT2D eigenvalue weighted by Gasteiger charge is -2.33. The van der Waals surface area contributed by atoms with Crippen LogP contribution in [-0.2, 0) is 4.74 Å². The highest BCUT2D eigenvalue weighted by molar-refractivity contribution is 6.20. The van der Waals surface area contributed by atoms with Crippen molar-refractivity contribution in [3.05, 3.63) is 0 Å². The zero-order valence-electron chi connectivity index (χ0n) is 11.0. The molecule has 2 aliphatic rings. The van der Waals surface area contributed by atoms with Gasteiger partial charge in [-0.25, -0.2) is 0 Å². The standard InChI is InChI=1S/C14H26ClNO/c1-12(15)6-10-16-11-13-5-9-14(17-13)7-3-2-4-8-14/h12-13,16H,2-11H2,1H3. The Morgan fingerprint density at radius 3 is 2.76 bits per heavy atom. The molecule has 1 saturated heterocycles. The lowest BCUT2D eigenvalue weighted by atomic mass is 9.83. The molecule has 2 rings (SSSR count). The fourth-order valence-corrected chi connectivity index (χ4v) is 3.28. The van der Waals surface area contributed by atoms with Crippen molar-refractivity contribution >= 4 is 11.6 Å². The van der Waals surface area contributed by atoms with Crippen molar-refractivity contribution in [2.45, 2.75) is 75.4 Å².